The zero-order valence-corrected chi connectivity index (χ0v) is 11.0. The standard InChI is InChI=1S/C15H10ClFN2O/c16-13-6-9(18)2-4-11(13)15(20)12-7-19-14-5-8(17)1-3-10(12)14/h1-7,19H,18H2. The van der Waals surface area contributed by atoms with Gasteiger partial charge in [-0.05, 0) is 36.4 Å². The number of benzene rings is 2. The van der Waals surface area contributed by atoms with E-state index in [-0.39, 0.29) is 11.6 Å². The van der Waals surface area contributed by atoms with Crippen LogP contribution in [0.2, 0.25) is 5.02 Å². The van der Waals surface area contributed by atoms with Gasteiger partial charge in [-0.1, -0.05) is 11.6 Å². The third-order valence-corrected chi connectivity index (χ3v) is 3.44. The zero-order valence-electron chi connectivity index (χ0n) is 10.3. The molecule has 0 atom stereocenters. The summed E-state index contributed by atoms with van der Waals surface area (Å²) in [6.07, 6.45) is 1.55. The van der Waals surface area contributed by atoms with Gasteiger partial charge in [0.25, 0.3) is 0 Å². The van der Waals surface area contributed by atoms with Crippen molar-refractivity contribution in [3.05, 3.63) is 64.6 Å². The molecule has 0 aliphatic heterocycles. The zero-order chi connectivity index (χ0) is 14.3. The van der Waals surface area contributed by atoms with Gasteiger partial charge in [-0.25, -0.2) is 4.39 Å². The number of H-pyrrole nitrogens is 1. The van der Waals surface area contributed by atoms with Crippen LogP contribution < -0.4 is 5.73 Å². The molecule has 100 valence electrons. The van der Waals surface area contributed by atoms with Gasteiger partial charge in [0.2, 0.25) is 0 Å². The number of aromatic nitrogens is 1. The molecule has 0 aliphatic rings. The quantitative estimate of drug-likeness (QED) is 0.557. The van der Waals surface area contributed by atoms with Gasteiger partial charge < -0.3 is 10.7 Å². The van der Waals surface area contributed by atoms with Crippen LogP contribution in [0.25, 0.3) is 10.9 Å². The van der Waals surface area contributed by atoms with E-state index in [0.717, 1.165) is 0 Å². The first-order valence-corrected chi connectivity index (χ1v) is 6.30. The number of halogens is 2. The van der Waals surface area contributed by atoms with Gasteiger partial charge in [-0.2, -0.15) is 0 Å². The lowest BCUT2D eigenvalue weighted by Crippen LogP contribution is -2.02. The summed E-state index contributed by atoms with van der Waals surface area (Å²) >= 11 is 6.05. The van der Waals surface area contributed by atoms with Crippen molar-refractivity contribution in [3.63, 3.8) is 0 Å². The number of ketones is 1. The van der Waals surface area contributed by atoms with Gasteiger partial charge in [-0.3, -0.25) is 4.79 Å². The maximum absolute atomic E-state index is 13.1. The van der Waals surface area contributed by atoms with Gasteiger partial charge in [-0.15, -0.1) is 0 Å². The average molecular weight is 289 g/mol. The monoisotopic (exact) mass is 288 g/mol. The van der Waals surface area contributed by atoms with Crippen molar-refractivity contribution in [1.29, 1.82) is 0 Å². The predicted octanol–water partition coefficient (Wildman–Crippen LogP) is 3.77. The molecule has 3 aromatic rings. The summed E-state index contributed by atoms with van der Waals surface area (Å²) in [7, 11) is 0. The summed E-state index contributed by atoms with van der Waals surface area (Å²) in [5.74, 6) is -0.586. The lowest BCUT2D eigenvalue weighted by Gasteiger charge is -2.03. The Morgan fingerprint density at radius 2 is 1.95 bits per heavy atom. The molecule has 0 saturated heterocycles. The highest BCUT2D eigenvalue weighted by Gasteiger charge is 2.17. The number of hydrogen-bond acceptors (Lipinski definition) is 2. The predicted molar refractivity (Wildman–Crippen MR) is 77.6 cm³/mol. The minimum Gasteiger partial charge on any atom is -0.399 e. The van der Waals surface area contributed by atoms with Crippen molar-refractivity contribution < 1.29 is 9.18 Å². The third kappa shape index (κ3) is 2.04. The van der Waals surface area contributed by atoms with Crippen LogP contribution in [-0.4, -0.2) is 10.8 Å². The Morgan fingerprint density at radius 1 is 1.15 bits per heavy atom. The van der Waals surface area contributed by atoms with Crippen LogP contribution in [-0.2, 0) is 0 Å². The SMILES string of the molecule is Nc1ccc(C(=O)c2c[nH]c3cc(F)ccc23)c(Cl)c1. The van der Waals surface area contributed by atoms with Crippen LogP contribution in [0.15, 0.2) is 42.6 Å². The number of fused-ring (bicyclic) bond motifs is 1. The van der Waals surface area contributed by atoms with E-state index >= 15 is 0 Å². The van der Waals surface area contributed by atoms with E-state index in [2.05, 4.69) is 4.98 Å². The summed E-state index contributed by atoms with van der Waals surface area (Å²) in [6.45, 7) is 0. The summed E-state index contributed by atoms with van der Waals surface area (Å²) in [6, 6.07) is 8.97. The van der Waals surface area contributed by atoms with Gasteiger partial charge >= 0.3 is 0 Å². The maximum Gasteiger partial charge on any atom is 0.196 e. The number of rotatable bonds is 2. The minimum atomic E-state index is -0.358. The Morgan fingerprint density at radius 3 is 2.70 bits per heavy atom. The highest BCUT2D eigenvalue weighted by atomic mass is 35.5. The molecule has 0 unspecified atom stereocenters. The molecule has 20 heavy (non-hydrogen) atoms. The second-order valence-corrected chi connectivity index (χ2v) is 4.87. The molecule has 1 heterocycles. The fraction of sp³-hybridized carbons (Fsp3) is 0. The van der Waals surface area contributed by atoms with Gasteiger partial charge in [0, 0.05) is 33.9 Å². The number of nitrogen functional groups attached to an aromatic ring is 1. The molecule has 3 N–H and O–H groups in total. The Balaban J connectivity index is 2.13. The number of aromatic amines is 1. The number of anilines is 1. The fourth-order valence-corrected chi connectivity index (χ4v) is 2.42. The van der Waals surface area contributed by atoms with Crippen molar-refractivity contribution in [2.45, 2.75) is 0 Å². The van der Waals surface area contributed by atoms with Crippen LogP contribution in [0.5, 0.6) is 0 Å². The number of carbonyl (C=O) groups excluding carboxylic acids is 1. The minimum absolute atomic E-state index is 0.229. The van der Waals surface area contributed by atoms with E-state index in [1.807, 2.05) is 0 Å². The van der Waals surface area contributed by atoms with E-state index in [9.17, 15) is 9.18 Å². The molecule has 0 saturated carbocycles. The lowest BCUT2D eigenvalue weighted by atomic mass is 10.0. The van der Waals surface area contributed by atoms with Crippen LogP contribution in [0.3, 0.4) is 0 Å². The normalized spacial score (nSPS) is 10.9. The molecule has 2 aromatic carbocycles. The first-order valence-electron chi connectivity index (χ1n) is 5.92. The van der Waals surface area contributed by atoms with Crippen molar-refractivity contribution in [2.24, 2.45) is 0 Å². The lowest BCUT2D eigenvalue weighted by molar-refractivity contribution is 0.104. The molecule has 1 aromatic heterocycles. The molecule has 0 aliphatic carbocycles. The Bertz CT molecular complexity index is 826. The van der Waals surface area contributed by atoms with Crippen LogP contribution in [0, 0.1) is 5.82 Å². The Labute approximate surface area is 119 Å². The average Bonchev–Trinajstić information content (AvgIpc) is 2.80. The summed E-state index contributed by atoms with van der Waals surface area (Å²) < 4.78 is 13.1. The summed E-state index contributed by atoms with van der Waals surface area (Å²) in [5, 5.41) is 0.954. The molecule has 5 heteroatoms. The van der Waals surface area contributed by atoms with Crippen molar-refractivity contribution in [3.8, 4) is 0 Å². The Kier molecular flexibility index (Phi) is 2.95. The number of hydrogen-bond donors (Lipinski definition) is 2. The largest absolute Gasteiger partial charge is 0.399 e. The van der Waals surface area contributed by atoms with Gasteiger partial charge in [0.1, 0.15) is 5.82 Å². The molecule has 0 amide bonds. The number of nitrogens with one attached hydrogen (secondary N) is 1. The van der Waals surface area contributed by atoms with Crippen molar-refractivity contribution >= 4 is 34.0 Å². The molecule has 3 rings (SSSR count). The molecule has 0 spiro atoms. The van der Waals surface area contributed by atoms with E-state index < -0.39 is 0 Å². The molecular formula is C15H10ClFN2O. The van der Waals surface area contributed by atoms with E-state index in [1.165, 1.54) is 18.2 Å². The van der Waals surface area contributed by atoms with E-state index in [0.29, 0.717) is 32.7 Å². The second kappa shape index (κ2) is 4.65. The highest BCUT2D eigenvalue weighted by molar-refractivity contribution is 6.35. The Hall–Kier alpha value is -2.33. The summed E-state index contributed by atoms with van der Waals surface area (Å²) in [5.41, 5.74) is 7.49. The molecular weight excluding hydrogens is 279 g/mol. The molecule has 0 fully saturated rings. The number of carbonyl (C=O) groups is 1. The number of nitrogens with two attached hydrogens (primary N) is 1. The summed E-state index contributed by atoms with van der Waals surface area (Å²) in [4.78, 5) is 15.4. The van der Waals surface area contributed by atoms with Crippen LogP contribution in [0.4, 0.5) is 10.1 Å². The highest BCUT2D eigenvalue weighted by Crippen LogP contribution is 2.26. The third-order valence-electron chi connectivity index (χ3n) is 3.13. The fourth-order valence-electron chi connectivity index (χ4n) is 2.15. The molecule has 0 bridgehead atoms. The van der Waals surface area contributed by atoms with Gasteiger partial charge in [0.05, 0.1) is 5.02 Å². The maximum atomic E-state index is 13.1. The van der Waals surface area contributed by atoms with Crippen LogP contribution in [0.1, 0.15) is 15.9 Å². The molecule has 0 radical (unpaired) electrons. The second-order valence-electron chi connectivity index (χ2n) is 4.46. The first kappa shape index (κ1) is 12.7. The first-order chi connectivity index (χ1) is 9.56. The van der Waals surface area contributed by atoms with E-state index in [1.54, 1.807) is 24.4 Å². The molecule has 3 nitrogen and oxygen atoms in total. The topological polar surface area (TPSA) is 58.9 Å². The van der Waals surface area contributed by atoms with E-state index in [4.69, 9.17) is 17.3 Å². The van der Waals surface area contributed by atoms with Gasteiger partial charge in [0.15, 0.2) is 5.78 Å². The van der Waals surface area contributed by atoms with Crippen molar-refractivity contribution in [2.75, 3.05) is 5.73 Å². The smallest absolute Gasteiger partial charge is 0.196 e. The van der Waals surface area contributed by atoms with Crippen LogP contribution >= 0.6 is 11.6 Å². The van der Waals surface area contributed by atoms with Crippen molar-refractivity contribution in [1.82, 2.24) is 4.98 Å².